The van der Waals surface area contributed by atoms with E-state index in [1.54, 1.807) is 5.38 Å². The van der Waals surface area contributed by atoms with E-state index in [9.17, 15) is 4.79 Å². The molecule has 2 aromatic rings. The van der Waals surface area contributed by atoms with E-state index >= 15 is 0 Å². The van der Waals surface area contributed by atoms with Crippen LogP contribution in [0.5, 0.6) is 0 Å². The van der Waals surface area contributed by atoms with E-state index < -0.39 is 5.97 Å². The van der Waals surface area contributed by atoms with Crippen molar-refractivity contribution < 1.29 is 9.90 Å². The fourth-order valence-electron chi connectivity index (χ4n) is 1.66. The molecule has 1 aromatic carbocycles. The first-order valence-corrected chi connectivity index (χ1v) is 6.34. The molecule has 0 spiro atoms. The van der Waals surface area contributed by atoms with Crippen LogP contribution in [0.4, 0.5) is 0 Å². The maximum Gasteiger partial charge on any atom is 0.338 e. The molecule has 0 aliphatic rings. The Morgan fingerprint density at radius 2 is 2.00 bits per heavy atom. The highest BCUT2D eigenvalue weighted by Gasteiger charge is 2.18. The summed E-state index contributed by atoms with van der Waals surface area (Å²) >= 11 is 7.15. The Labute approximate surface area is 108 Å². The van der Waals surface area contributed by atoms with Crippen LogP contribution in [0.3, 0.4) is 0 Å². The van der Waals surface area contributed by atoms with Crippen LogP contribution in [-0.2, 0) is 0 Å². The van der Waals surface area contributed by atoms with Crippen molar-refractivity contribution in [2.75, 3.05) is 0 Å². The van der Waals surface area contributed by atoms with E-state index in [-0.39, 0.29) is 5.56 Å². The van der Waals surface area contributed by atoms with Crippen molar-refractivity contribution in [3.05, 3.63) is 44.6 Å². The molecule has 1 N–H and O–H groups in total. The maximum atomic E-state index is 11.2. The third kappa shape index (κ3) is 2.21. The van der Waals surface area contributed by atoms with Crippen molar-refractivity contribution in [3.63, 3.8) is 0 Å². The van der Waals surface area contributed by atoms with E-state index in [2.05, 4.69) is 0 Å². The van der Waals surface area contributed by atoms with Gasteiger partial charge in [-0.3, -0.25) is 0 Å². The first-order valence-electron chi connectivity index (χ1n) is 5.08. The number of hydrogen-bond acceptors (Lipinski definition) is 2. The number of carboxylic acids is 1. The molecule has 0 aliphatic carbocycles. The minimum absolute atomic E-state index is 0.194. The minimum atomic E-state index is -0.982. The average molecular weight is 267 g/mol. The van der Waals surface area contributed by atoms with Gasteiger partial charge in [0.1, 0.15) is 4.34 Å². The zero-order chi connectivity index (χ0) is 12.6. The van der Waals surface area contributed by atoms with Gasteiger partial charge in [-0.15, -0.1) is 11.3 Å². The number of carbonyl (C=O) groups is 1. The second-order valence-corrected chi connectivity index (χ2v) is 5.38. The van der Waals surface area contributed by atoms with Crippen molar-refractivity contribution in [2.45, 2.75) is 13.8 Å². The monoisotopic (exact) mass is 266 g/mol. The molecule has 0 bridgehead atoms. The van der Waals surface area contributed by atoms with Crippen molar-refractivity contribution in [2.24, 2.45) is 0 Å². The van der Waals surface area contributed by atoms with E-state index in [0.29, 0.717) is 9.90 Å². The Morgan fingerprint density at radius 3 is 2.59 bits per heavy atom. The number of benzene rings is 1. The molecule has 4 heteroatoms. The summed E-state index contributed by atoms with van der Waals surface area (Å²) < 4.78 is 0.325. The third-order valence-electron chi connectivity index (χ3n) is 2.78. The predicted octanol–water partition coefficient (Wildman–Crippen LogP) is 4.38. The van der Waals surface area contributed by atoms with Crippen LogP contribution >= 0.6 is 22.9 Å². The molecule has 88 valence electrons. The fraction of sp³-hybridized carbons (Fsp3) is 0.154. The summed E-state index contributed by atoms with van der Waals surface area (Å²) in [6.45, 7) is 4.03. The topological polar surface area (TPSA) is 37.3 Å². The molecular weight excluding hydrogens is 256 g/mol. The average Bonchev–Trinajstić information content (AvgIpc) is 2.64. The molecule has 1 aromatic heterocycles. The number of rotatable bonds is 2. The van der Waals surface area contributed by atoms with E-state index in [1.165, 1.54) is 16.9 Å². The van der Waals surface area contributed by atoms with Crippen molar-refractivity contribution in [1.29, 1.82) is 0 Å². The van der Waals surface area contributed by atoms with Gasteiger partial charge in [-0.2, -0.15) is 0 Å². The van der Waals surface area contributed by atoms with Gasteiger partial charge < -0.3 is 5.11 Å². The highest BCUT2D eigenvalue weighted by molar-refractivity contribution is 7.15. The first kappa shape index (κ1) is 12.1. The third-order valence-corrected chi connectivity index (χ3v) is 4.00. The Kier molecular flexibility index (Phi) is 3.22. The number of carboxylic acid groups (broad SMARTS) is 1. The highest BCUT2D eigenvalue weighted by atomic mass is 35.5. The highest BCUT2D eigenvalue weighted by Crippen LogP contribution is 2.35. The molecule has 2 nitrogen and oxygen atoms in total. The van der Waals surface area contributed by atoms with Crippen LogP contribution in [-0.4, -0.2) is 11.1 Å². The molecule has 17 heavy (non-hydrogen) atoms. The molecule has 0 atom stereocenters. The second kappa shape index (κ2) is 4.51. The maximum absolute atomic E-state index is 11.2. The smallest absolute Gasteiger partial charge is 0.338 e. The van der Waals surface area contributed by atoms with Crippen LogP contribution in [0.1, 0.15) is 21.5 Å². The van der Waals surface area contributed by atoms with Crippen LogP contribution < -0.4 is 0 Å². The molecule has 2 rings (SSSR count). The van der Waals surface area contributed by atoms with Crippen molar-refractivity contribution in [3.8, 4) is 11.1 Å². The van der Waals surface area contributed by atoms with E-state index in [1.807, 2.05) is 32.0 Å². The summed E-state index contributed by atoms with van der Waals surface area (Å²) in [5.74, 6) is -0.982. The van der Waals surface area contributed by atoms with Gasteiger partial charge in [-0.1, -0.05) is 29.8 Å². The largest absolute Gasteiger partial charge is 0.478 e. The van der Waals surface area contributed by atoms with Gasteiger partial charge in [0.25, 0.3) is 0 Å². The van der Waals surface area contributed by atoms with Crippen molar-refractivity contribution >= 4 is 28.9 Å². The molecule has 0 saturated carbocycles. The van der Waals surface area contributed by atoms with Crippen LogP contribution in [0, 0.1) is 13.8 Å². The van der Waals surface area contributed by atoms with Gasteiger partial charge in [0.2, 0.25) is 0 Å². The predicted molar refractivity (Wildman–Crippen MR) is 71.2 cm³/mol. The van der Waals surface area contributed by atoms with E-state index in [4.69, 9.17) is 16.7 Å². The second-order valence-electron chi connectivity index (χ2n) is 3.90. The Bertz CT molecular complexity index is 587. The van der Waals surface area contributed by atoms with Gasteiger partial charge in [-0.25, -0.2) is 4.79 Å². The summed E-state index contributed by atoms with van der Waals surface area (Å²) in [4.78, 5) is 11.2. The molecule has 0 saturated heterocycles. The van der Waals surface area contributed by atoms with Gasteiger partial charge in [0.05, 0.1) is 5.56 Å². The molecule has 0 aliphatic heterocycles. The number of hydrogen-bond donors (Lipinski definition) is 1. The van der Waals surface area contributed by atoms with Gasteiger partial charge >= 0.3 is 5.97 Å². The lowest BCUT2D eigenvalue weighted by atomic mass is 10.00. The molecule has 0 unspecified atom stereocenters. The Hall–Kier alpha value is -1.32. The van der Waals surface area contributed by atoms with Gasteiger partial charge in [0, 0.05) is 10.9 Å². The zero-order valence-electron chi connectivity index (χ0n) is 9.45. The van der Waals surface area contributed by atoms with Gasteiger partial charge in [-0.05, 0) is 30.5 Å². The summed E-state index contributed by atoms with van der Waals surface area (Å²) in [6.07, 6.45) is 0. The molecular formula is C13H11ClO2S. The molecule has 0 fully saturated rings. The lowest BCUT2D eigenvalue weighted by molar-refractivity contribution is 0.0698. The number of aromatic carboxylic acids is 1. The van der Waals surface area contributed by atoms with Gasteiger partial charge in [0.15, 0.2) is 0 Å². The SMILES string of the molecule is Cc1ccc(-c2csc(Cl)c2C(=O)O)cc1C. The number of aryl methyl sites for hydroxylation is 2. The summed E-state index contributed by atoms with van der Waals surface area (Å²) in [7, 11) is 0. The standard InChI is InChI=1S/C13H11ClO2S/c1-7-3-4-9(5-8(7)2)10-6-17-12(14)11(10)13(15)16/h3-6H,1-2H3,(H,15,16). The van der Waals surface area contributed by atoms with Crippen LogP contribution in [0.2, 0.25) is 4.34 Å². The summed E-state index contributed by atoms with van der Waals surface area (Å²) in [6, 6.07) is 5.90. The van der Waals surface area contributed by atoms with Crippen molar-refractivity contribution in [1.82, 2.24) is 0 Å². The normalized spacial score (nSPS) is 10.5. The molecule has 0 radical (unpaired) electrons. The Balaban J connectivity index is 2.60. The minimum Gasteiger partial charge on any atom is -0.478 e. The zero-order valence-corrected chi connectivity index (χ0v) is 11.0. The van der Waals surface area contributed by atoms with Crippen LogP contribution in [0.25, 0.3) is 11.1 Å². The quantitative estimate of drug-likeness (QED) is 0.876. The first-order chi connectivity index (χ1) is 8.00. The number of halogens is 1. The van der Waals surface area contributed by atoms with E-state index in [0.717, 1.165) is 11.1 Å². The lowest BCUT2D eigenvalue weighted by Gasteiger charge is -2.05. The lowest BCUT2D eigenvalue weighted by Crippen LogP contribution is -1.97. The summed E-state index contributed by atoms with van der Waals surface area (Å²) in [5, 5.41) is 10.9. The molecule has 0 amide bonds. The fourth-order valence-corrected chi connectivity index (χ4v) is 2.76. The summed E-state index contributed by atoms with van der Waals surface area (Å²) in [5.41, 5.74) is 4.11. The molecule has 1 heterocycles. The Morgan fingerprint density at radius 1 is 1.29 bits per heavy atom. The van der Waals surface area contributed by atoms with Crippen LogP contribution in [0.15, 0.2) is 23.6 Å². The number of thiophene rings is 1.